The number of thioether (sulfide) groups is 1. The summed E-state index contributed by atoms with van der Waals surface area (Å²) in [5, 5.41) is 12.5. The minimum Gasteiger partial charge on any atom is -0.504 e. The predicted molar refractivity (Wildman–Crippen MR) is 123 cm³/mol. The van der Waals surface area contributed by atoms with E-state index in [9.17, 15) is 19.5 Å². The van der Waals surface area contributed by atoms with Crippen molar-refractivity contribution in [3.8, 4) is 11.5 Å². The minimum atomic E-state index is -0.616. The summed E-state index contributed by atoms with van der Waals surface area (Å²) in [5.74, 6) is -1.09. The van der Waals surface area contributed by atoms with Crippen molar-refractivity contribution in [3.63, 3.8) is 0 Å². The lowest BCUT2D eigenvalue weighted by atomic mass is 10.1. The first-order valence-corrected chi connectivity index (χ1v) is 11.0. The molecule has 3 amide bonds. The topological polar surface area (TPSA) is 95.9 Å². The van der Waals surface area contributed by atoms with E-state index in [1.54, 1.807) is 18.2 Å². The molecule has 7 nitrogen and oxygen atoms in total. The Morgan fingerprint density at radius 1 is 1.27 bits per heavy atom. The van der Waals surface area contributed by atoms with E-state index >= 15 is 0 Å². The first-order chi connectivity index (χ1) is 14.2. The molecule has 1 heterocycles. The van der Waals surface area contributed by atoms with Gasteiger partial charge in [0.25, 0.3) is 11.1 Å². The summed E-state index contributed by atoms with van der Waals surface area (Å²) in [6.45, 7) is 1.51. The molecule has 10 heteroatoms. The number of hydrogen-bond donors (Lipinski definition) is 2. The molecule has 1 fully saturated rings. The summed E-state index contributed by atoms with van der Waals surface area (Å²) in [4.78, 5) is 38.3. The van der Waals surface area contributed by atoms with Gasteiger partial charge in [0.05, 0.1) is 12.0 Å². The Kier molecular flexibility index (Phi) is 6.89. The van der Waals surface area contributed by atoms with Gasteiger partial charge in [0.1, 0.15) is 6.54 Å². The maximum Gasteiger partial charge on any atom is 0.294 e. The second-order valence-corrected chi connectivity index (χ2v) is 8.96. The number of amides is 3. The number of ether oxygens (including phenoxy) is 1. The molecule has 1 aliphatic rings. The number of aromatic hydroxyl groups is 1. The molecule has 3 rings (SSSR count). The van der Waals surface area contributed by atoms with Gasteiger partial charge in [-0.25, -0.2) is 0 Å². The number of halogens is 2. The molecule has 30 heavy (non-hydrogen) atoms. The predicted octanol–water partition coefficient (Wildman–Crippen LogP) is 4.91. The number of rotatable bonds is 5. The van der Waals surface area contributed by atoms with E-state index in [1.807, 2.05) is 19.1 Å². The van der Waals surface area contributed by atoms with Gasteiger partial charge in [-0.3, -0.25) is 19.3 Å². The van der Waals surface area contributed by atoms with Crippen molar-refractivity contribution >= 4 is 72.4 Å². The van der Waals surface area contributed by atoms with E-state index in [4.69, 9.17) is 4.74 Å². The zero-order valence-electron chi connectivity index (χ0n) is 15.9. The normalized spacial score (nSPS) is 15.1. The second kappa shape index (κ2) is 9.23. The fourth-order valence-electron chi connectivity index (χ4n) is 2.65. The molecule has 0 unspecified atom stereocenters. The maximum atomic E-state index is 12.7. The molecule has 1 saturated heterocycles. The van der Waals surface area contributed by atoms with Crippen LogP contribution in [0.1, 0.15) is 11.1 Å². The lowest BCUT2D eigenvalue weighted by molar-refractivity contribution is -0.127. The molecule has 156 valence electrons. The minimum absolute atomic E-state index is 0.0827. The van der Waals surface area contributed by atoms with Crippen molar-refractivity contribution in [3.05, 3.63) is 55.3 Å². The largest absolute Gasteiger partial charge is 0.504 e. The SMILES string of the molecule is COc1cc(Br)c(Br)c(/C=C2\SC(=O)N(CC(=O)Nc3ccc(C)cc3)C2=O)c1O. The number of aryl methyl sites for hydroxylation is 1. The van der Waals surface area contributed by atoms with Crippen molar-refractivity contribution < 1.29 is 24.2 Å². The van der Waals surface area contributed by atoms with E-state index in [-0.39, 0.29) is 22.0 Å². The molecular formula is C20H16Br2N2O5S. The van der Waals surface area contributed by atoms with Crippen LogP contribution in [0.4, 0.5) is 10.5 Å². The number of carbonyl (C=O) groups excluding carboxylic acids is 3. The number of anilines is 1. The average Bonchev–Trinajstić information content (AvgIpc) is 2.97. The molecule has 0 aliphatic carbocycles. The average molecular weight is 556 g/mol. The van der Waals surface area contributed by atoms with Gasteiger partial charge in [-0.15, -0.1) is 0 Å². The quantitative estimate of drug-likeness (QED) is 0.509. The monoisotopic (exact) mass is 554 g/mol. The number of imide groups is 1. The van der Waals surface area contributed by atoms with Crippen LogP contribution in [0.15, 0.2) is 44.2 Å². The van der Waals surface area contributed by atoms with E-state index < -0.39 is 23.6 Å². The highest BCUT2D eigenvalue weighted by atomic mass is 79.9. The first kappa shape index (κ1) is 22.4. The lowest BCUT2D eigenvalue weighted by Crippen LogP contribution is -2.36. The van der Waals surface area contributed by atoms with Crippen LogP contribution >= 0.6 is 43.6 Å². The number of carbonyl (C=O) groups is 3. The Labute approximate surface area is 193 Å². The van der Waals surface area contributed by atoms with E-state index in [2.05, 4.69) is 37.2 Å². The highest BCUT2D eigenvalue weighted by Crippen LogP contribution is 2.43. The first-order valence-electron chi connectivity index (χ1n) is 8.58. The molecule has 2 aromatic carbocycles. The number of phenolic OH excluding ortho intramolecular Hbond substituents is 1. The molecule has 0 saturated carbocycles. The number of benzene rings is 2. The fraction of sp³-hybridized carbons (Fsp3) is 0.150. The molecule has 2 aromatic rings. The maximum absolute atomic E-state index is 12.7. The van der Waals surface area contributed by atoms with Gasteiger partial charge >= 0.3 is 0 Å². The van der Waals surface area contributed by atoms with Crippen LogP contribution < -0.4 is 10.1 Å². The Hall–Kier alpha value is -2.30. The number of nitrogens with one attached hydrogen (secondary N) is 1. The van der Waals surface area contributed by atoms with E-state index in [1.165, 1.54) is 13.2 Å². The third kappa shape index (κ3) is 4.71. The lowest BCUT2D eigenvalue weighted by Gasteiger charge is -2.13. The van der Waals surface area contributed by atoms with Crippen LogP contribution in [0.2, 0.25) is 0 Å². The number of methoxy groups -OCH3 is 1. The van der Waals surface area contributed by atoms with E-state index in [0.717, 1.165) is 10.5 Å². The third-order valence-corrected chi connectivity index (χ3v) is 7.12. The van der Waals surface area contributed by atoms with Gasteiger partial charge in [0.15, 0.2) is 11.5 Å². The van der Waals surface area contributed by atoms with Crippen LogP contribution in [0.3, 0.4) is 0 Å². The van der Waals surface area contributed by atoms with Crippen LogP contribution in [-0.4, -0.2) is 40.7 Å². The number of hydrogen-bond acceptors (Lipinski definition) is 6. The standard InChI is InChI=1S/C20H16Br2N2O5S/c1-10-3-5-11(6-4-10)23-16(25)9-24-19(27)15(30-20(24)28)7-12-17(22)13(21)8-14(29-2)18(12)26/h3-8,26H,9H2,1-2H3,(H,23,25)/b15-7-. The van der Waals surface area contributed by atoms with Crippen LogP contribution in [-0.2, 0) is 9.59 Å². The summed E-state index contributed by atoms with van der Waals surface area (Å²) in [5.41, 5.74) is 1.89. The van der Waals surface area contributed by atoms with Crippen molar-refractivity contribution in [1.29, 1.82) is 0 Å². The van der Waals surface area contributed by atoms with Crippen LogP contribution in [0.25, 0.3) is 6.08 Å². The molecule has 0 aromatic heterocycles. The van der Waals surface area contributed by atoms with Crippen LogP contribution in [0, 0.1) is 6.92 Å². The van der Waals surface area contributed by atoms with Gasteiger partial charge in [-0.2, -0.15) is 0 Å². The Bertz CT molecular complexity index is 1070. The van der Waals surface area contributed by atoms with Gasteiger partial charge in [-0.1, -0.05) is 17.7 Å². The van der Waals surface area contributed by atoms with Crippen molar-refractivity contribution in [2.75, 3.05) is 19.0 Å². The third-order valence-electron chi connectivity index (χ3n) is 4.20. The smallest absolute Gasteiger partial charge is 0.294 e. The molecule has 2 N–H and O–H groups in total. The highest BCUT2D eigenvalue weighted by Gasteiger charge is 2.36. The second-order valence-electron chi connectivity index (χ2n) is 6.32. The fourth-order valence-corrected chi connectivity index (χ4v) is 4.31. The van der Waals surface area contributed by atoms with Crippen LogP contribution in [0.5, 0.6) is 11.5 Å². The zero-order chi connectivity index (χ0) is 22.0. The van der Waals surface area contributed by atoms with Crippen molar-refractivity contribution in [2.45, 2.75) is 6.92 Å². The molecule has 0 atom stereocenters. The van der Waals surface area contributed by atoms with Gasteiger partial charge < -0.3 is 15.2 Å². The van der Waals surface area contributed by atoms with Crippen molar-refractivity contribution in [1.82, 2.24) is 4.90 Å². The molecule has 0 bridgehead atoms. The molecule has 0 spiro atoms. The number of nitrogens with zero attached hydrogens (tertiary/aromatic N) is 1. The highest BCUT2D eigenvalue weighted by molar-refractivity contribution is 9.13. The molecule has 0 radical (unpaired) electrons. The molecule has 1 aliphatic heterocycles. The summed E-state index contributed by atoms with van der Waals surface area (Å²) in [7, 11) is 1.40. The van der Waals surface area contributed by atoms with Gasteiger partial charge in [0.2, 0.25) is 5.91 Å². The summed E-state index contributed by atoms with van der Waals surface area (Å²) in [6, 6.07) is 8.73. The Morgan fingerprint density at radius 2 is 1.93 bits per heavy atom. The summed E-state index contributed by atoms with van der Waals surface area (Å²) >= 11 is 7.38. The number of phenols is 1. The Morgan fingerprint density at radius 3 is 2.57 bits per heavy atom. The summed E-state index contributed by atoms with van der Waals surface area (Å²) < 4.78 is 6.21. The zero-order valence-corrected chi connectivity index (χ0v) is 19.9. The Balaban J connectivity index is 1.80. The summed E-state index contributed by atoms with van der Waals surface area (Å²) in [6.07, 6.45) is 1.38. The molecular weight excluding hydrogens is 540 g/mol. The van der Waals surface area contributed by atoms with Gasteiger partial charge in [0, 0.05) is 20.2 Å². The van der Waals surface area contributed by atoms with Crippen molar-refractivity contribution in [2.24, 2.45) is 0 Å². The van der Waals surface area contributed by atoms with Gasteiger partial charge in [-0.05, 0) is 74.8 Å². The van der Waals surface area contributed by atoms with E-state index in [0.29, 0.717) is 26.4 Å².